The van der Waals surface area contributed by atoms with Gasteiger partial charge in [-0.25, -0.2) is 0 Å². The molecular weight excluding hydrogens is 320 g/mol. The maximum Gasteiger partial charge on any atom is 0.157 e. The number of phenols is 1. The lowest BCUT2D eigenvalue weighted by atomic mass is 9.86. The lowest BCUT2D eigenvalue weighted by Gasteiger charge is -2.32. The molecular formula is C19H24N2O4. The van der Waals surface area contributed by atoms with Crippen molar-refractivity contribution < 1.29 is 19.4 Å². The second-order valence-corrected chi connectivity index (χ2v) is 6.64. The van der Waals surface area contributed by atoms with Crippen LogP contribution in [-0.2, 0) is 4.74 Å². The van der Waals surface area contributed by atoms with E-state index >= 15 is 0 Å². The molecule has 2 atom stereocenters. The molecule has 6 heteroatoms. The highest BCUT2D eigenvalue weighted by molar-refractivity contribution is 5.83. The average Bonchev–Trinajstić information content (AvgIpc) is 3.10. The van der Waals surface area contributed by atoms with Gasteiger partial charge in [-0.1, -0.05) is 6.07 Å². The lowest BCUT2D eigenvalue weighted by molar-refractivity contribution is 0.0272. The predicted octanol–water partition coefficient (Wildman–Crippen LogP) is 3.18. The Morgan fingerprint density at radius 3 is 3.04 bits per heavy atom. The van der Waals surface area contributed by atoms with Crippen molar-refractivity contribution in [2.75, 3.05) is 19.8 Å². The van der Waals surface area contributed by atoms with Crippen LogP contribution in [0.25, 0.3) is 0 Å². The highest BCUT2D eigenvalue weighted by Crippen LogP contribution is 2.34. The molecule has 0 radical (unpaired) electrons. The normalized spacial score (nSPS) is 20.6. The zero-order chi connectivity index (χ0) is 17.8. The molecule has 1 aromatic heterocycles. The molecule has 0 spiro atoms. The molecule has 0 unspecified atom stereocenters. The molecule has 134 valence electrons. The Morgan fingerprint density at radius 2 is 2.28 bits per heavy atom. The molecule has 1 fully saturated rings. The number of aldehydes is 1. The van der Waals surface area contributed by atoms with Crippen molar-refractivity contribution in [1.29, 1.82) is 0 Å². The van der Waals surface area contributed by atoms with Crippen LogP contribution in [0.1, 0.15) is 48.3 Å². The monoisotopic (exact) mass is 344 g/mol. The Bertz CT molecular complexity index is 726. The van der Waals surface area contributed by atoms with E-state index in [-0.39, 0.29) is 29.2 Å². The molecule has 0 saturated carbocycles. The van der Waals surface area contributed by atoms with Gasteiger partial charge in [0.25, 0.3) is 0 Å². The van der Waals surface area contributed by atoms with Crippen molar-refractivity contribution in [1.82, 2.24) is 9.78 Å². The first-order chi connectivity index (χ1) is 12.1. The van der Waals surface area contributed by atoms with Gasteiger partial charge in [-0.15, -0.1) is 0 Å². The summed E-state index contributed by atoms with van der Waals surface area (Å²) in [6.07, 6.45) is 3.32. The molecule has 0 amide bonds. The van der Waals surface area contributed by atoms with Gasteiger partial charge in [0.15, 0.2) is 6.29 Å². The van der Waals surface area contributed by atoms with Gasteiger partial charge in [0.2, 0.25) is 0 Å². The highest BCUT2D eigenvalue weighted by atomic mass is 16.5. The number of ether oxygens (including phenoxy) is 2. The van der Waals surface area contributed by atoms with Gasteiger partial charge in [0.1, 0.15) is 11.5 Å². The first-order valence-electron chi connectivity index (χ1n) is 8.63. The van der Waals surface area contributed by atoms with Gasteiger partial charge >= 0.3 is 0 Å². The van der Waals surface area contributed by atoms with E-state index in [2.05, 4.69) is 18.9 Å². The maximum absolute atomic E-state index is 11.2. The number of hydrogen-bond acceptors (Lipinski definition) is 5. The van der Waals surface area contributed by atoms with Gasteiger partial charge in [-0.2, -0.15) is 5.10 Å². The van der Waals surface area contributed by atoms with E-state index in [9.17, 15) is 9.90 Å². The van der Waals surface area contributed by atoms with E-state index in [0.717, 1.165) is 12.1 Å². The molecule has 6 nitrogen and oxygen atoms in total. The molecule has 0 aliphatic carbocycles. The Balaban J connectivity index is 1.77. The van der Waals surface area contributed by atoms with Gasteiger partial charge in [-0.05, 0) is 38.5 Å². The van der Waals surface area contributed by atoms with Crippen LogP contribution in [0.4, 0.5) is 0 Å². The predicted molar refractivity (Wildman–Crippen MR) is 93.3 cm³/mol. The van der Waals surface area contributed by atoms with E-state index in [0.29, 0.717) is 31.9 Å². The summed E-state index contributed by atoms with van der Waals surface area (Å²) in [7, 11) is 0. The van der Waals surface area contributed by atoms with Crippen molar-refractivity contribution in [3.63, 3.8) is 0 Å². The standard InChI is InChI=1S/C19H24N2O4/c1-13(2)21-17(6-8-20-21)16-12-24-9-7-14(16)11-25-19-5-3-4-18(23)15(19)10-22/h3-6,8,10,13-14,16,23H,7,9,11-12H2,1-2H3/t14-,16+/m1/s1. The molecule has 1 aliphatic heterocycles. The minimum atomic E-state index is -0.0612. The topological polar surface area (TPSA) is 73.6 Å². The molecule has 0 bridgehead atoms. The third-order valence-corrected chi connectivity index (χ3v) is 4.68. The van der Waals surface area contributed by atoms with E-state index in [1.807, 2.05) is 16.9 Å². The minimum Gasteiger partial charge on any atom is -0.507 e. The van der Waals surface area contributed by atoms with Gasteiger partial charge < -0.3 is 14.6 Å². The van der Waals surface area contributed by atoms with Crippen LogP contribution >= 0.6 is 0 Å². The van der Waals surface area contributed by atoms with Crippen molar-refractivity contribution >= 4 is 6.29 Å². The smallest absolute Gasteiger partial charge is 0.157 e. The minimum absolute atomic E-state index is 0.0612. The summed E-state index contributed by atoms with van der Waals surface area (Å²) in [5.41, 5.74) is 1.34. The third kappa shape index (κ3) is 3.69. The summed E-state index contributed by atoms with van der Waals surface area (Å²) in [6, 6.07) is 7.18. The van der Waals surface area contributed by atoms with Crippen molar-refractivity contribution in [3.8, 4) is 11.5 Å². The number of rotatable bonds is 6. The van der Waals surface area contributed by atoms with E-state index < -0.39 is 0 Å². The molecule has 1 saturated heterocycles. The van der Waals surface area contributed by atoms with Crippen LogP contribution in [-0.4, -0.2) is 41.0 Å². The molecule has 1 aliphatic rings. The molecule has 1 aromatic carbocycles. The van der Waals surface area contributed by atoms with Gasteiger partial charge in [-0.3, -0.25) is 9.48 Å². The quantitative estimate of drug-likeness (QED) is 0.815. The largest absolute Gasteiger partial charge is 0.507 e. The zero-order valence-corrected chi connectivity index (χ0v) is 14.6. The molecule has 25 heavy (non-hydrogen) atoms. The van der Waals surface area contributed by atoms with Crippen molar-refractivity contribution in [2.24, 2.45) is 5.92 Å². The van der Waals surface area contributed by atoms with Crippen LogP contribution in [0.3, 0.4) is 0 Å². The Labute approximate surface area is 147 Å². The van der Waals surface area contributed by atoms with E-state index in [1.54, 1.807) is 12.1 Å². The number of hydrogen-bond donors (Lipinski definition) is 1. The maximum atomic E-state index is 11.2. The first-order valence-corrected chi connectivity index (χ1v) is 8.63. The van der Waals surface area contributed by atoms with Gasteiger partial charge in [0.05, 0.1) is 18.8 Å². The summed E-state index contributed by atoms with van der Waals surface area (Å²) in [5, 5.41) is 14.2. The Morgan fingerprint density at radius 1 is 1.44 bits per heavy atom. The van der Waals surface area contributed by atoms with Crippen LogP contribution in [0, 0.1) is 5.92 Å². The fourth-order valence-electron chi connectivity index (χ4n) is 3.33. The van der Waals surface area contributed by atoms with Crippen LogP contribution in [0.2, 0.25) is 0 Å². The van der Waals surface area contributed by atoms with Crippen molar-refractivity contribution in [3.05, 3.63) is 41.7 Å². The van der Waals surface area contributed by atoms with Gasteiger partial charge in [0, 0.05) is 36.4 Å². The van der Waals surface area contributed by atoms with Crippen LogP contribution in [0.15, 0.2) is 30.5 Å². The molecule has 2 heterocycles. The fourth-order valence-corrected chi connectivity index (χ4v) is 3.33. The zero-order valence-electron chi connectivity index (χ0n) is 14.6. The third-order valence-electron chi connectivity index (χ3n) is 4.68. The molecule has 1 N–H and O–H groups in total. The number of nitrogens with zero attached hydrogens (tertiary/aromatic N) is 2. The van der Waals surface area contributed by atoms with Crippen molar-refractivity contribution in [2.45, 2.75) is 32.2 Å². The van der Waals surface area contributed by atoms with E-state index in [4.69, 9.17) is 9.47 Å². The van der Waals surface area contributed by atoms with Crippen LogP contribution < -0.4 is 4.74 Å². The lowest BCUT2D eigenvalue weighted by Crippen LogP contribution is -2.32. The number of aromatic hydroxyl groups is 1. The van der Waals surface area contributed by atoms with Crippen LogP contribution in [0.5, 0.6) is 11.5 Å². The Hall–Kier alpha value is -2.34. The number of phenolic OH excluding ortho intramolecular Hbond substituents is 1. The average molecular weight is 344 g/mol. The number of carbonyl (C=O) groups is 1. The summed E-state index contributed by atoms with van der Waals surface area (Å²) in [4.78, 5) is 11.2. The SMILES string of the molecule is CC(C)n1nccc1[C@H]1COCC[C@@H]1COc1cccc(O)c1C=O. The second-order valence-electron chi connectivity index (χ2n) is 6.64. The summed E-state index contributed by atoms with van der Waals surface area (Å²) >= 11 is 0. The number of aromatic nitrogens is 2. The first kappa shape index (κ1) is 17.5. The summed E-state index contributed by atoms with van der Waals surface area (Å²) in [5.74, 6) is 0.798. The highest BCUT2D eigenvalue weighted by Gasteiger charge is 2.31. The Kier molecular flexibility index (Phi) is 5.38. The fraction of sp³-hybridized carbons (Fsp3) is 0.474. The summed E-state index contributed by atoms with van der Waals surface area (Å²) in [6.45, 7) is 6.00. The van der Waals surface area contributed by atoms with E-state index in [1.165, 1.54) is 6.07 Å². The number of benzene rings is 1. The molecule has 3 rings (SSSR count). The number of carbonyl (C=O) groups excluding carboxylic acids is 1. The molecule has 2 aromatic rings. The summed E-state index contributed by atoms with van der Waals surface area (Å²) < 4.78 is 13.6. The second kappa shape index (κ2) is 7.70.